The Morgan fingerprint density at radius 1 is 1.03 bits per heavy atom. The number of aromatic nitrogens is 1. The number of benzene rings is 2. The van der Waals surface area contributed by atoms with Gasteiger partial charge in [-0.2, -0.15) is 0 Å². The molecule has 2 aromatic carbocycles. The van der Waals surface area contributed by atoms with Crippen molar-refractivity contribution in [2.45, 2.75) is 39.8 Å². The van der Waals surface area contributed by atoms with E-state index in [4.69, 9.17) is 4.74 Å². The Labute approximate surface area is 203 Å². The second kappa shape index (κ2) is 9.54. The monoisotopic (exact) mass is 470 g/mol. The highest BCUT2D eigenvalue weighted by Crippen LogP contribution is 2.42. The molecule has 35 heavy (non-hydrogen) atoms. The third kappa shape index (κ3) is 4.57. The number of nitrogens with zero attached hydrogens (tertiary/aromatic N) is 2. The van der Waals surface area contributed by atoms with E-state index in [0.29, 0.717) is 22.5 Å². The summed E-state index contributed by atoms with van der Waals surface area (Å²) in [7, 11) is 0. The predicted molar refractivity (Wildman–Crippen MR) is 132 cm³/mol. The molecule has 7 heteroatoms. The summed E-state index contributed by atoms with van der Waals surface area (Å²) in [4.78, 5) is 44.5. The molecule has 0 bridgehead atoms. The summed E-state index contributed by atoms with van der Waals surface area (Å²) in [6, 6.07) is 16.0. The van der Waals surface area contributed by atoms with Crippen molar-refractivity contribution >= 4 is 29.1 Å². The number of anilines is 1. The molecule has 7 nitrogen and oxygen atoms in total. The van der Waals surface area contributed by atoms with Crippen LogP contribution in [0.5, 0.6) is 0 Å². The Bertz CT molecular complexity index is 1330. The van der Waals surface area contributed by atoms with Gasteiger partial charge in [-0.3, -0.25) is 19.5 Å². The van der Waals surface area contributed by atoms with E-state index in [-0.39, 0.29) is 17.4 Å². The summed E-state index contributed by atoms with van der Waals surface area (Å²) in [6.45, 7) is 7.23. The predicted octanol–water partition coefficient (Wildman–Crippen LogP) is 4.89. The van der Waals surface area contributed by atoms with Crippen LogP contribution in [-0.2, 0) is 14.3 Å². The van der Waals surface area contributed by atoms with Gasteiger partial charge in [0.15, 0.2) is 0 Å². The first-order chi connectivity index (χ1) is 16.7. The Kier molecular flexibility index (Phi) is 6.51. The van der Waals surface area contributed by atoms with E-state index in [9.17, 15) is 19.5 Å². The van der Waals surface area contributed by atoms with Crippen LogP contribution >= 0.6 is 0 Å². The van der Waals surface area contributed by atoms with Gasteiger partial charge in [0.2, 0.25) is 0 Å². The van der Waals surface area contributed by atoms with Gasteiger partial charge in [-0.1, -0.05) is 23.8 Å². The number of carbonyl (C=O) groups excluding carboxylic acids is 3. The van der Waals surface area contributed by atoms with Gasteiger partial charge < -0.3 is 9.84 Å². The van der Waals surface area contributed by atoms with Crippen LogP contribution in [0.15, 0.2) is 72.4 Å². The zero-order valence-corrected chi connectivity index (χ0v) is 20.0. The van der Waals surface area contributed by atoms with Crippen molar-refractivity contribution in [3.8, 4) is 0 Å². The molecule has 0 aliphatic carbocycles. The van der Waals surface area contributed by atoms with Crippen LogP contribution in [0, 0.1) is 13.8 Å². The van der Waals surface area contributed by atoms with Gasteiger partial charge in [0.1, 0.15) is 11.8 Å². The number of aliphatic hydroxyl groups excluding tert-OH is 1. The molecular formula is C28H26N2O5. The molecule has 1 aromatic heterocycles. The first-order valence-corrected chi connectivity index (χ1v) is 11.3. The first-order valence-electron chi connectivity index (χ1n) is 11.3. The normalized spacial score (nSPS) is 17.2. The zero-order chi connectivity index (χ0) is 25.3. The molecule has 1 aliphatic heterocycles. The minimum Gasteiger partial charge on any atom is -0.507 e. The van der Waals surface area contributed by atoms with Gasteiger partial charge in [-0.15, -0.1) is 0 Å². The highest BCUT2D eigenvalue weighted by molar-refractivity contribution is 6.51. The van der Waals surface area contributed by atoms with Crippen molar-refractivity contribution in [2.75, 3.05) is 4.90 Å². The standard InChI is InChI=1S/C28H26N2O5/c1-16(2)35-28(34)19-10-12-20(13-11-19)30-24(22-7-5-6-14-29-22)23(26(32)27(30)33)25(31)21-15-17(3)8-9-18(21)4/h5-16,24,31H,1-4H3/b25-23+. The van der Waals surface area contributed by atoms with Gasteiger partial charge >= 0.3 is 5.97 Å². The number of pyridine rings is 1. The maximum Gasteiger partial charge on any atom is 0.338 e. The molecule has 3 aromatic rings. The number of amides is 1. The quantitative estimate of drug-likeness (QED) is 0.247. The lowest BCUT2D eigenvalue weighted by Crippen LogP contribution is -2.29. The molecule has 1 aliphatic rings. The molecule has 2 heterocycles. The zero-order valence-electron chi connectivity index (χ0n) is 20.0. The lowest BCUT2D eigenvalue weighted by atomic mass is 9.95. The van der Waals surface area contributed by atoms with Crippen LogP contribution in [-0.4, -0.2) is 33.9 Å². The number of ether oxygens (including phenoxy) is 1. The third-order valence-electron chi connectivity index (χ3n) is 5.78. The van der Waals surface area contributed by atoms with E-state index in [1.54, 1.807) is 68.6 Å². The number of ketones is 1. The van der Waals surface area contributed by atoms with Gasteiger partial charge in [0.05, 0.1) is 22.9 Å². The summed E-state index contributed by atoms with van der Waals surface area (Å²) >= 11 is 0. The van der Waals surface area contributed by atoms with Crippen molar-refractivity contribution in [3.05, 3.63) is 100 Å². The summed E-state index contributed by atoms with van der Waals surface area (Å²) in [5.74, 6) is -2.32. The molecule has 178 valence electrons. The van der Waals surface area contributed by atoms with Crippen molar-refractivity contribution in [2.24, 2.45) is 0 Å². The van der Waals surface area contributed by atoms with E-state index in [2.05, 4.69) is 4.98 Å². The second-order valence-corrected chi connectivity index (χ2v) is 8.74. The Balaban J connectivity index is 1.85. The van der Waals surface area contributed by atoms with Crippen molar-refractivity contribution in [1.82, 2.24) is 4.98 Å². The SMILES string of the molecule is Cc1ccc(C)c(/C(O)=C2\C(=O)C(=O)N(c3ccc(C(=O)OC(C)C)cc3)C2c2ccccn2)c1. The van der Waals surface area contributed by atoms with E-state index in [1.165, 1.54) is 4.90 Å². The Morgan fingerprint density at radius 2 is 1.74 bits per heavy atom. The minimum atomic E-state index is -0.940. The molecule has 0 radical (unpaired) electrons. The van der Waals surface area contributed by atoms with Crippen LogP contribution in [0.2, 0.25) is 0 Å². The molecule has 4 rings (SSSR count). The number of carbonyl (C=O) groups is 3. The summed E-state index contributed by atoms with van der Waals surface area (Å²) in [6.07, 6.45) is 1.30. The van der Waals surface area contributed by atoms with E-state index in [1.807, 2.05) is 26.0 Å². The van der Waals surface area contributed by atoms with Gasteiger partial charge in [-0.05, 0) is 75.7 Å². The fourth-order valence-corrected chi connectivity index (χ4v) is 4.09. The molecule has 1 fully saturated rings. The van der Waals surface area contributed by atoms with Crippen LogP contribution in [0.4, 0.5) is 5.69 Å². The Morgan fingerprint density at radius 3 is 2.37 bits per heavy atom. The smallest absolute Gasteiger partial charge is 0.338 e. The van der Waals surface area contributed by atoms with Crippen LogP contribution < -0.4 is 4.90 Å². The number of esters is 1. The van der Waals surface area contributed by atoms with Crippen LogP contribution in [0.1, 0.15) is 52.6 Å². The molecule has 1 saturated heterocycles. The summed E-state index contributed by atoms with van der Waals surface area (Å²) in [5, 5.41) is 11.3. The van der Waals surface area contributed by atoms with Crippen molar-refractivity contribution < 1.29 is 24.2 Å². The number of aliphatic hydroxyl groups is 1. The maximum absolute atomic E-state index is 13.3. The van der Waals surface area contributed by atoms with E-state index >= 15 is 0 Å². The van der Waals surface area contributed by atoms with Gasteiger partial charge in [0, 0.05) is 17.4 Å². The molecule has 1 atom stereocenters. The van der Waals surface area contributed by atoms with Crippen molar-refractivity contribution in [1.29, 1.82) is 0 Å². The first kappa shape index (κ1) is 23.9. The molecule has 1 amide bonds. The Hall–Kier alpha value is -4.26. The number of rotatable bonds is 5. The van der Waals surface area contributed by atoms with Crippen LogP contribution in [0.3, 0.4) is 0 Å². The fourth-order valence-electron chi connectivity index (χ4n) is 4.09. The lowest BCUT2D eigenvalue weighted by Gasteiger charge is -2.25. The number of hydrogen-bond donors (Lipinski definition) is 1. The van der Waals surface area contributed by atoms with E-state index in [0.717, 1.165) is 11.1 Å². The number of aryl methyl sites for hydroxylation is 2. The average Bonchev–Trinajstić information content (AvgIpc) is 3.11. The van der Waals surface area contributed by atoms with Crippen molar-refractivity contribution in [3.63, 3.8) is 0 Å². The van der Waals surface area contributed by atoms with E-state index < -0.39 is 23.7 Å². The molecule has 0 saturated carbocycles. The topological polar surface area (TPSA) is 96.8 Å². The highest BCUT2D eigenvalue weighted by Gasteiger charge is 2.47. The largest absolute Gasteiger partial charge is 0.507 e. The second-order valence-electron chi connectivity index (χ2n) is 8.74. The number of Topliss-reactive ketones (excluding diaryl/α,β-unsaturated/α-hetero) is 1. The molecular weight excluding hydrogens is 444 g/mol. The molecule has 1 N–H and O–H groups in total. The van der Waals surface area contributed by atoms with Gasteiger partial charge in [-0.25, -0.2) is 4.79 Å². The minimum absolute atomic E-state index is 0.0364. The third-order valence-corrected chi connectivity index (χ3v) is 5.78. The fraction of sp³-hybridized carbons (Fsp3) is 0.214. The highest BCUT2D eigenvalue weighted by atomic mass is 16.5. The average molecular weight is 471 g/mol. The molecule has 0 spiro atoms. The number of hydrogen-bond acceptors (Lipinski definition) is 6. The summed E-state index contributed by atoms with van der Waals surface area (Å²) < 4.78 is 5.22. The molecule has 1 unspecified atom stereocenters. The van der Waals surface area contributed by atoms with Gasteiger partial charge in [0.25, 0.3) is 11.7 Å². The summed E-state index contributed by atoms with van der Waals surface area (Å²) in [5.41, 5.74) is 3.27. The lowest BCUT2D eigenvalue weighted by molar-refractivity contribution is -0.132. The van der Waals surface area contributed by atoms with Crippen LogP contribution in [0.25, 0.3) is 5.76 Å². The maximum atomic E-state index is 13.3.